The fraction of sp³-hybridized carbons (Fsp3) is 0.923. The zero-order chi connectivity index (χ0) is 27.3. The standard InChI is InChI=1S/C26H52N6O6/c1-29-7-9-31(10-8-29)15-22-36-19-4-20-38-24-26(34)28-5-6-30-11-13-32(14-12-30)16-21-35-17-2-3-18-37-23-25(27)33/h2-24H2,1H3,(H2,27,33)(H,28,34). The zero-order valence-electron chi connectivity index (χ0n) is 23.6. The second kappa shape index (κ2) is 21.4. The molecular weight excluding hydrogens is 492 g/mol. The molecule has 0 spiro atoms. The Kier molecular flexibility index (Phi) is 18.5. The Bertz CT molecular complexity index is 615. The topological polar surface area (TPSA) is 122 Å². The SMILES string of the molecule is CN1CCN(CCOCCCOCC(=O)NCCN2CCN(CCOCCCCOCC(N)=O)CC2)CC1. The molecule has 2 heterocycles. The number of carbonyl (C=O) groups excluding carboxylic acids is 2. The van der Waals surface area contributed by atoms with Crippen LogP contribution in [0.2, 0.25) is 0 Å². The summed E-state index contributed by atoms with van der Waals surface area (Å²) < 4.78 is 22.0. The average molecular weight is 545 g/mol. The molecule has 0 unspecified atom stereocenters. The molecule has 2 aliphatic rings. The molecular formula is C26H52N6O6. The first kappa shape index (κ1) is 32.8. The van der Waals surface area contributed by atoms with Crippen LogP contribution in [-0.2, 0) is 28.5 Å². The quantitative estimate of drug-likeness (QED) is 0.159. The minimum Gasteiger partial charge on any atom is -0.380 e. The largest absolute Gasteiger partial charge is 0.380 e. The monoisotopic (exact) mass is 544 g/mol. The molecule has 0 aromatic heterocycles. The van der Waals surface area contributed by atoms with Crippen LogP contribution in [0.25, 0.3) is 0 Å². The molecule has 2 amide bonds. The maximum Gasteiger partial charge on any atom is 0.246 e. The first-order chi connectivity index (χ1) is 18.5. The molecule has 0 aliphatic carbocycles. The Labute approximate surface area is 229 Å². The summed E-state index contributed by atoms with van der Waals surface area (Å²) in [5.41, 5.74) is 5.02. The first-order valence-electron chi connectivity index (χ1n) is 14.2. The van der Waals surface area contributed by atoms with E-state index in [0.717, 1.165) is 104 Å². The number of nitrogens with zero attached hydrogens (tertiary/aromatic N) is 4. The highest BCUT2D eigenvalue weighted by atomic mass is 16.5. The lowest BCUT2D eigenvalue weighted by molar-refractivity contribution is -0.126. The number of nitrogens with one attached hydrogen (secondary N) is 1. The molecule has 0 saturated carbocycles. The summed E-state index contributed by atoms with van der Waals surface area (Å²) in [5.74, 6) is -0.493. The summed E-state index contributed by atoms with van der Waals surface area (Å²) in [4.78, 5) is 32.2. The third kappa shape index (κ3) is 17.3. The molecule has 3 N–H and O–H groups in total. The zero-order valence-corrected chi connectivity index (χ0v) is 23.6. The molecule has 2 rings (SSSR count). The average Bonchev–Trinajstić information content (AvgIpc) is 2.91. The van der Waals surface area contributed by atoms with Crippen LogP contribution in [0.3, 0.4) is 0 Å². The number of primary amides is 1. The number of unbranched alkanes of at least 4 members (excludes halogenated alkanes) is 1. The number of hydrogen-bond acceptors (Lipinski definition) is 10. The van der Waals surface area contributed by atoms with Gasteiger partial charge in [-0.15, -0.1) is 0 Å². The Morgan fingerprint density at radius 2 is 1.11 bits per heavy atom. The van der Waals surface area contributed by atoms with Gasteiger partial charge in [-0.25, -0.2) is 0 Å². The fourth-order valence-electron chi connectivity index (χ4n) is 4.31. The molecule has 0 atom stereocenters. The highest BCUT2D eigenvalue weighted by Gasteiger charge is 2.16. The van der Waals surface area contributed by atoms with E-state index in [2.05, 4.69) is 32.0 Å². The fourth-order valence-corrected chi connectivity index (χ4v) is 4.31. The minimum atomic E-state index is -0.434. The van der Waals surface area contributed by atoms with Crippen molar-refractivity contribution in [3.8, 4) is 0 Å². The Morgan fingerprint density at radius 3 is 1.71 bits per heavy atom. The Hall–Kier alpha value is -1.38. The number of likely N-dealkylation sites (N-methyl/N-ethyl adjacent to an activating group) is 1. The highest BCUT2D eigenvalue weighted by molar-refractivity contribution is 5.77. The van der Waals surface area contributed by atoms with Crippen LogP contribution >= 0.6 is 0 Å². The minimum absolute atomic E-state index is 0.0120. The molecule has 12 nitrogen and oxygen atoms in total. The van der Waals surface area contributed by atoms with Crippen LogP contribution in [0.15, 0.2) is 0 Å². The van der Waals surface area contributed by atoms with Crippen LogP contribution in [0, 0.1) is 0 Å². The maximum absolute atomic E-state index is 12.0. The van der Waals surface area contributed by atoms with E-state index in [1.165, 1.54) is 0 Å². The molecule has 222 valence electrons. The molecule has 0 bridgehead atoms. The maximum atomic E-state index is 12.0. The predicted molar refractivity (Wildman–Crippen MR) is 146 cm³/mol. The normalized spacial score (nSPS) is 18.1. The van der Waals surface area contributed by atoms with E-state index in [9.17, 15) is 9.59 Å². The van der Waals surface area contributed by atoms with Crippen molar-refractivity contribution in [3.05, 3.63) is 0 Å². The van der Waals surface area contributed by atoms with Crippen LogP contribution in [0.5, 0.6) is 0 Å². The van der Waals surface area contributed by atoms with Gasteiger partial charge in [0.15, 0.2) is 0 Å². The van der Waals surface area contributed by atoms with Crippen LogP contribution in [0.4, 0.5) is 0 Å². The van der Waals surface area contributed by atoms with Crippen LogP contribution < -0.4 is 11.1 Å². The molecule has 0 radical (unpaired) electrons. The van der Waals surface area contributed by atoms with Gasteiger partial charge in [-0.3, -0.25) is 24.3 Å². The number of ether oxygens (including phenoxy) is 4. The second-order valence-corrected chi connectivity index (χ2v) is 10.0. The smallest absolute Gasteiger partial charge is 0.246 e. The molecule has 12 heteroatoms. The number of amides is 2. The number of hydrogen-bond donors (Lipinski definition) is 2. The van der Waals surface area contributed by atoms with Gasteiger partial charge in [-0.05, 0) is 26.3 Å². The van der Waals surface area contributed by atoms with Crippen molar-refractivity contribution in [2.45, 2.75) is 19.3 Å². The van der Waals surface area contributed by atoms with Gasteiger partial charge in [0.1, 0.15) is 13.2 Å². The number of rotatable bonds is 22. The van der Waals surface area contributed by atoms with Gasteiger partial charge in [0.2, 0.25) is 11.8 Å². The van der Waals surface area contributed by atoms with Gasteiger partial charge in [0.05, 0.1) is 13.2 Å². The van der Waals surface area contributed by atoms with E-state index in [4.69, 9.17) is 24.7 Å². The van der Waals surface area contributed by atoms with Crippen molar-refractivity contribution < 1.29 is 28.5 Å². The van der Waals surface area contributed by atoms with Gasteiger partial charge in [0, 0.05) is 105 Å². The summed E-state index contributed by atoms with van der Waals surface area (Å²) in [6, 6.07) is 0. The van der Waals surface area contributed by atoms with Crippen molar-refractivity contribution in [1.29, 1.82) is 0 Å². The van der Waals surface area contributed by atoms with Crippen LogP contribution in [0.1, 0.15) is 19.3 Å². The van der Waals surface area contributed by atoms with Crippen molar-refractivity contribution in [2.24, 2.45) is 5.73 Å². The Balaban J connectivity index is 1.31. The molecule has 38 heavy (non-hydrogen) atoms. The highest BCUT2D eigenvalue weighted by Crippen LogP contribution is 2.02. The molecule has 2 fully saturated rings. The Morgan fingerprint density at radius 1 is 0.632 bits per heavy atom. The summed E-state index contributed by atoms with van der Waals surface area (Å²) in [5, 5.41) is 2.95. The lowest BCUT2D eigenvalue weighted by atomic mass is 10.3. The van der Waals surface area contributed by atoms with E-state index in [1.807, 2.05) is 0 Å². The van der Waals surface area contributed by atoms with Gasteiger partial charge < -0.3 is 34.9 Å². The van der Waals surface area contributed by atoms with E-state index >= 15 is 0 Å². The van der Waals surface area contributed by atoms with Crippen molar-refractivity contribution in [3.63, 3.8) is 0 Å². The van der Waals surface area contributed by atoms with Crippen molar-refractivity contribution in [1.82, 2.24) is 24.9 Å². The lowest BCUT2D eigenvalue weighted by Gasteiger charge is -2.34. The summed E-state index contributed by atoms with van der Waals surface area (Å²) in [6.07, 6.45) is 2.58. The van der Waals surface area contributed by atoms with Crippen molar-refractivity contribution >= 4 is 11.8 Å². The van der Waals surface area contributed by atoms with Crippen molar-refractivity contribution in [2.75, 3.05) is 138 Å². The molecule has 2 saturated heterocycles. The number of nitrogens with two attached hydrogens (primary N) is 1. The second-order valence-electron chi connectivity index (χ2n) is 10.0. The number of piperazine rings is 2. The van der Waals surface area contributed by atoms with E-state index in [1.54, 1.807) is 0 Å². The van der Waals surface area contributed by atoms with Gasteiger partial charge in [-0.1, -0.05) is 0 Å². The molecule has 0 aromatic rings. The van der Waals surface area contributed by atoms with Gasteiger partial charge in [0.25, 0.3) is 0 Å². The van der Waals surface area contributed by atoms with Gasteiger partial charge in [-0.2, -0.15) is 0 Å². The molecule has 0 aromatic carbocycles. The number of carbonyl (C=O) groups is 2. The summed E-state index contributed by atoms with van der Waals surface area (Å²) in [7, 11) is 2.16. The lowest BCUT2D eigenvalue weighted by Crippen LogP contribution is -2.49. The molecule has 2 aliphatic heterocycles. The van der Waals surface area contributed by atoms with E-state index in [-0.39, 0.29) is 19.1 Å². The summed E-state index contributed by atoms with van der Waals surface area (Å²) >= 11 is 0. The van der Waals surface area contributed by atoms with E-state index in [0.29, 0.717) is 33.0 Å². The third-order valence-electron chi connectivity index (χ3n) is 6.80. The summed E-state index contributed by atoms with van der Waals surface area (Å²) in [6.45, 7) is 16.0. The predicted octanol–water partition coefficient (Wildman–Crippen LogP) is -1.31. The first-order valence-corrected chi connectivity index (χ1v) is 14.2. The van der Waals surface area contributed by atoms with E-state index < -0.39 is 5.91 Å². The van der Waals surface area contributed by atoms with Crippen LogP contribution in [-0.4, -0.2) is 170 Å². The third-order valence-corrected chi connectivity index (χ3v) is 6.80. The van der Waals surface area contributed by atoms with Gasteiger partial charge >= 0.3 is 0 Å².